The smallest absolute Gasteiger partial charge is 0.303 e. The number of rotatable bonds is 1. The second-order valence-corrected chi connectivity index (χ2v) is 4.95. The molecule has 0 aromatic rings. The molecule has 76 valence electrons. The number of carbonyl (C=O) groups excluding carboxylic acids is 1. The van der Waals surface area contributed by atoms with Gasteiger partial charge in [0.2, 0.25) is 0 Å². The summed E-state index contributed by atoms with van der Waals surface area (Å²) in [5, 5.41) is 0. The zero-order valence-electron chi connectivity index (χ0n) is 8.48. The van der Waals surface area contributed by atoms with Gasteiger partial charge in [-0.2, -0.15) is 0 Å². The van der Waals surface area contributed by atoms with Gasteiger partial charge in [0.15, 0.2) is 0 Å². The van der Waals surface area contributed by atoms with Crippen LogP contribution in [0.25, 0.3) is 0 Å². The lowest BCUT2D eigenvalue weighted by Crippen LogP contribution is -2.29. The quantitative estimate of drug-likeness (QED) is 0.470. The zero-order chi connectivity index (χ0) is 9.71. The third-order valence-corrected chi connectivity index (χ3v) is 4.25. The van der Waals surface area contributed by atoms with Gasteiger partial charge in [0.1, 0.15) is 6.10 Å². The van der Waals surface area contributed by atoms with Crippen molar-refractivity contribution < 1.29 is 9.53 Å². The molecule has 0 amide bonds. The molecule has 3 aliphatic rings. The molecule has 0 saturated heterocycles. The van der Waals surface area contributed by atoms with Crippen molar-refractivity contribution in [2.45, 2.75) is 32.3 Å². The number of fused-ring (bicyclic) bond motifs is 5. The van der Waals surface area contributed by atoms with Crippen LogP contribution in [0.15, 0.2) is 12.2 Å². The molecule has 0 aliphatic heterocycles. The van der Waals surface area contributed by atoms with Crippen LogP contribution in [0.3, 0.4) is 0 Å². The summed E-state index contributed by atoms with van der Waals surface area (Å²) in [5.41, 5.74) is 0. The van der Waals surface area contributed by atoms with Crippen LogP contribution in [0.4, 0.5) is 0 Å². The molecular weight excluding hydrogens is 176 g/mol. The van der Waals surface area contributed by atoms with E-state index in [1.807, 2.05) is 0 Å². The molecule has 0 spiro atoms. The standard InChI is InChI=1S/C12H16O2/c1-7(13)14-11-5-4-10-8-2-3-9(6-8)12(10)11/h4-5,8-12H,2-3,6H2,1H3/t8-,9+,10-,11?,12+/m0/s1. The lowest BCUT2D eigenvalue weighted by molar-refractivity contribution is -0.147. The van der Waals surface area contributed by atoms with Crippen LogP contribution >= 0.6 is 0 Å². The Morgan fingerprint density at radius 1 is 1.29 bits per heavy atom. The second kappa shape index (κ2) is 2.85. The highest BCUT2D eigenvalue weighted by atomic mass is 16.5. The summed E-state index contributed by atoms with van der Waals surface area (Å²) >= 11 is 0. The van der Waals surface area contributed by atoms with Crippen molar-refractivity contribution in [2.24, 2.45) is 23.7 Å². The fraction of sp³-hybridized carbons (Fsp3) is 0.750. The molecule has 2 heteroatoms. The summed E-state index contributed by atoms with van der Waals surface area (Å²) in [5.74, 6) is 2.92. The lowest BCUT2D eigenvalue weighted by Gasteiger charge is -2.28. The summed E-state index contributed by atoms with van der Waals surface area (Å²) in [7, 11) is 0. The highest BCUT2D eigenvalue weighted by Crippen LogP contribution is 2.56. The van der Waals surface area contributed by atoms with Crippen LogP contribution in [-0.2, 0) is 9.53 Å². The minimum atomic E-state index is -0.136. The van der Waals surface area contributed by atoms with E-state index >= 15 is 0 Å². The van der Waals surface area contributed by atoms with E-state index in [0.717, 1.165) is 17.8 Å². The maximum Gasteiger partial charge on any atom is 0.303 e. The summed E-state index contributed by atoms with van der Waals surface area (Å²) in [6.07, 6.45) is 8.61. The largest absolute Gasteiger partial charge is 0.458 e. The van der Waals surface area contributed by atoms with Crippen LogP contribution in [0.5, 0.6) is 0 Å². The Morgan fingerprint density at radius 3 is 2.86 bits per heavy atom. The molecule has 3 rings (SSSR count). The van der Waals surface area contributed by atoms with Gasteiger partial charge in [0.25, 0.3) is 0 Å². The predicted molar refractivity (Wildman–Crippen MR) is 52.5 cm³/mol. The zero-order valence-corrected chi connectivity index (χ0v) is 8.48. The topological polar surface area (TPSA) is 26.3 Å². The number of allylic oxidation sites excluding steroid dienone is 1. The monoisotopic (exact) mass is 192 g/mol. The minimum absolute atomic E-state index is 0.0906. The molecule has 0 N–H and O–H groups in total. The third-order valence-electron chi connectivity index (χ3n) is 4.25. The van der Waals surface area contributed by atoms with Crippen molar-refractivity contribution in [3.8, 4) is 0 Å². The molecule has 0 radical (unpaired) electrons. The van der Waals surface area contributed by atoms with Gasteiger partial charge in [0, 0.05) is 12.8 Å². The Bertz CT molecular complexity index is 295. The van der Waals surface area contributed by atoms with Gasteiger partial charge in [0.05, 0.1) is 0 Å². The molecule has 14 heavy (non-hydrogen) atoms. The average molecular weight is 192 g/mol. The highest BCUT2D eigenvalue weighted by Gasteiger charge is 2.52. The maximum absolute atomic E-state index is 10.9. The first kappa shape index (κ1) is 8.51. The van der Waals surface area contributed by atoms with E-state index in [1.54, 1.807) is 0 Å². The molecule has 2 bridgehead atoms. The van der Waals surface area contributed by atoms with Gasteiger partial charge in [-0.25, -0.2) is 0 Å². The molecule has 2 fully saturated rings. The number of ether oxygens (including phenoxy) is 1. The highest BCUT2D eigenvalue weighted by molar-refractivity contribution is 5.66. The molecule has 0 aromatic heterocycles. The van der Waals surface area contributed by atoms with Crippen molar-refractivity contribution in [3.63, 3.8) is 0 Å². The van der Waals surface area contributed by atoms with Gasteiger partial charge < -0.3 is 4.74 Å². The fourth-order valence-electron chi connectivity index (χ4n) is 3.83. The Morgan fingerprint density at radius 2 is 2.07 bits per heavy atom. The number of hydrogen-bond acceptors (Lipinski definition) is 2. The molecule has 5 atom stereocenters. The average Bonchev–Trinajstić information content (AvgIpc) is 2.74. The van der Waals surface area contributed by atoms with E-state index in [-0.39, 0.29) is 12.1 Å². The lowest BCUT2D eigenvalue weighted by atomic mass is 9.80. The first-order valence-corrected chi connectivity index (χ1v) is 5.61. The molecule has 2 saturated carbocycles. The number of esters is 1. The molecule has 0 aromatic carbocycles. The van der Waals surface area contributed by atoms with E-state index in [1.165, 1.54) is 26.2 Å². The molecule has 0 heterocycles. The van der Waals surface area contributed by atoms with Crippen molar-refractivity contribution in [1.82, 2.24) is 0 Å². The first-order chi connectivity index (χ1) is 6.75. The van der Waals surface area contributed by atoms with Crippen molar-refractivity contribution in [3.05, 3.63) is 12.2 Å². The van der Waals surface area contributed by atoms with E-state index in [4.69, 9.17) is 4.74 Å². The SMILES string of the molecule is CC(=O)OC1C=C[C@H]2[C@H]3CC[C@H](C3)[C@@H]12. The summed E-state index contributed by atoms with van der Waals surface area (Å²) in [6, 6.07) is 0. The Kier molecular flexibility index (Phi) is 1.73. The minimum Gasteiger partial charge on any atom is -0.458 e. The number of carbonyl (C=O) groups is 1. The summed E-state index contributed by atoms with van der Waals surface area (Å²) in [6.45, 7) is 1.51. The summed E-state index contributed by atoms with van der Waals surface area (Å²) in [4.78, 5) is 10.9. The van der Waals surface area contributed by atoms with Gasteiger partial charge in [-0.1, -0.05) is 6.08 Å². The van der Waals surface area contributed by atoms with Crippen LogP contribution in [0, 0.1) is 23.7 Å². The molecule has 1 unspecified atom stereocenters. The predicted octanol–water partition coefficient (Wildman–Crippen LogP) is 2.15. The molecule has 2 nitrogen and oxygen atoms in total. The van der Waals surface area contributed by atoms with E-state index in [9.17, 15) is 4.79 Å². The first-order valence-electron chi connectivity index (χ1n) is 5.61. The van der Waals surface area contributed by atoms with Crippen molar-refractivity contribution in [2.75, 3.05) is 0 Å². The summed E-state index contributed by atoms with van der Waals surface area (Å²) < 4.78 is 5.35. The fourth-order valence-corrected chi connectivity index (χ4v) is 3.83. The van der Waals surface area contributed by atoms with E-state index in [0.29, 0.717) is 5.92 Å². The second-order valence-electron chi connectivity index (χ2n) is 4.95. The van der Waals surface area contributed by atoms with Crippen molar-refractivity contribution >= 4 is 5.97 Å². The van der Waals surface area contributed by atoms with Crippen LogP contribution < -0.4 is 0 Å². The molecule has 3 aliphatic carbocycles. The Labute approximate surface area is 84.3 Å². The Balaban J connectivity index is 1.79. The van der Waals surface area contributed by atoms with Crippen LogP contribution in [-0.4, -0.2) is 12.1 Å². The number of hydrogen-bond donors (Lipinski definition) is 0. The van der Waals surface area contributed by atoms with Crippen LogP contribution in [0.2, 0.25) is 0 Å². The Hall–Kier alpha value is -0.790. The van der Waals surface area contributed by atoms with Gasteiger partial charge >= 0.3 is 5.97 Å². The third kappa shape index (κ3) is 1.06. The van der Waals surface area contributed by atoms with Gasteiger partial charge in [-0.3, -0.25) is 4.79 Å². The van der Waals surface area contributed by atoms with Gasteiger partial charge in [-0.05, 0) is 43.1 Å². The van der Waals surface area contributed by atoms with Crippen LogP contribution in [0.1, 0.15) is 26.2 Å². The van der Waals surface area contributed by atoms with Gasteiger partial charge in [-0.15, -0.1) is 0 Å². The van der Waals surface area contributed by atoms with E-state index in [2.05, 4.69) is 12.2 Å². The molecular formula is C12H16O2. The van der Waals surface area contributed by atoms with E-state index < -0.39 is 0 Å². The van der Waals surface area contributed by atoms with Crippen molar-refractivity contribution in [1.29, 1.82) is 0 Å². The maximum atomic E-state index is 10.9. The normalized spacial score (nSPS) is 48.2.